The average Bonchev–Trinajstić information content (AvgIpc) is 2.82. The monoisotopic (exact) mass is 318 g/mol. The molecule has 0 atom stereocenters. The van der Waals surface area contributed by atoms with Crippen molar-refractivity contribution in [1.82, 2.24) is 0 Å². The third-order valence-corrected chi connectivity index (χ3v) is 3.81. The summed E-state index contributed by atoms with van der Waals surface area (Å²) in [5.41, 5.74) is -0.826. The number of rotatable bonds is 6. The number of carbonyl (C=O) groups is 1. The van der Waals surface area contributed by atoms with Crippen LogP contribution in [0.2, 0.25) is 0 Å². The molecule has 2 N–H and O–H groups in total. The highest BCUT2D eigenvalue weighted by atomic mass is 32.2. The molecule has 2 rings (SSSR count). The zero-order valence-electron chi connectivity index (χ0n) is 10.4. The van der Waals surface area contributed by atoms with Crippen LogP contribution in [0.15, 0.2) is 12.1 Å². The average molecular weight is 318 g/mol. The van der Waals surface area contributed by atoms with E-state index in [1.807, 2.05) is 4.72 Å². The second-order valence-electron chi connectivity index (χ2n) is 4.04. The molecule has 21 heavy (non-hydrogen) atoms. The summed E-state index contributed by atoms with van der Waals surface area (Å²) in [6, 6.07) is 2.16. The number of sulfonamides is 1. The maximum Gasteiger partial charge on any atom is 0.304 e. The largest absolute Gasteiger partial charge is 0.481 e. The molecular weight excluding hydrogens is 308 g/mol. The number of hydrogen-bond acceptors (Lipinski definition) is 7. The molecule has 1 aromatic rings. The van der Waals surface area contributed by atoms with Crippen molar-refractivity contribution < 1.29 is 32.7 Å². The Morgan fingerprint density at radius 2 is 2.00 bits per heavy atom. The van der Waals surface area contributed by atoms with Crippen molar-refractivity contribution in [3.8, 4) is 11.5 Å². The van der Waals surface area contributed by atoms with E-state index >= 15 is 0 Å². The highest BCUT2D eigenvalue weighted by Gasteiger charge is 2.26. The Bertz CT molecular complexity index is 699. The molecular formula is C10H10N2O8S. The number of nitro groups is 1. The van der Waals surface area contributed by atoms with E-state index in [0.29, 0.717) is 0 Å². The predicted molar refractivity (Wildman–Crippen MR) is 68.9 cm³/mol. The SMILES string of the molecule is O=C(O)CCS(=O)(=O)Nc1cc2c(cc1[N+](=O)[O-])OCO2. The predicted octanol–water partition coefficient (Wildman–Crippen LogP) is 0.540. The third kappa shape index (κ3) is 3.51. The zero-order chi connectivity index (χ0) is 15.6. The number of carboxylic acid groups (broad SMARTS) is 1. The number of carboxylic acids is 1. The van der Waals surface area contributed by atoms with Gasteiger partial charge < -0.3 is 14.6 Å². The van der Waals surface area contributed by atoms with E-state index in [9.17, 15) is 23.3 Å². The van der Waals surface area contributed by atoms with Crippen LogP contribution < -0.4 is 14.2 Å². The lowest BCUT2D eigenvalue weighted by molar-refractivity contribution is -0.383. The third-order valence-electron chi connectivity index (χ3n) is 2.54. The van der Waals surface area contributed by atoms with Crippen molar-refractivity contribution in [2.45, 2.75) is 6.42 Å². The second kappa shape index (κ2) is 5.44. The Kier molecular flexibility index (Phi) is 3.84. The Balaban J connectivity index is 2.31. The molecule has 0 bridgehead atoms. The van der Waals surface area contributed by atoms with Gasteiger partial charge in [-0.25, -0.2) is 8.42 Å². The molecule has 0 spiro atoms. The standard InChI is InChI=1S/C10H10N2O8S/c13-10(14)1-2-21(17,18)11-6-3-8-9(20-5-19-8)4-7(6)12(15)16/h3-4,11H,1-2,5H2,(H,13,14). The van der Waals surface area contributed by atoms with Crippen LogP contribution in [0, 0.1) is 10.1 Å². The van der Waals surface area contributed by atoms with Crippen molar-refractivity contribution >= 4 is 27.4 Å². The number of anilines is 1. The molecule has 0 saturated heterocycles. The van der Waals surface area contributed by atoms with Crippen LogP contribution in [0.3, 0.4) is 0 Å². The molecule has 0 saturated carbocycles. The minimum atomic E-state index is -4.03. The van der Waals surface area contributed by atoms with Gasteiger partial charge in [0, 0.05) is 6.07 Å². The van der Waals surface area contributed by atoms with Crippen molar-refractivity contribution in [2.24, 2.45) is 0 Å². The molecule has 0 fully saturated rings. The van der Waals surface area contributed by atoms with Gasteiger partial charge in [-0.15, -0.1) is 0 Å². The van der Waals surface area contributed by atoms with Crippen LogP contribution in [0.4, 0.5) is 11.4 Å². The fourth-order valence-corrected chi connectivity index (χ4v) is 2.65. The second-order valence-corrected chi connectivity index (χ2v) is 5.89. The Hall–Kier alpha value is -2.56. The maximum atomic E-state index is 11.7. The lowest BCUT2D eigenvalue weighted by atomic mass is 10.2. The minimum absolute atomic E-state index is 0.123. The molecule has 0 aromatic heterocycles. The van der Waals surface area contributed by atoms with E-state index in [1.165, 1.54) is 0 Å². The summed E-state index contributed by atoms with van der Waals surface area (Å²) in [4.78, 5) is 20.6. The van der Waals surface area contributed by atoms with Crippen molar-refractivity contribution in [3.05, 3.63) is 22.2 Å². The van der Waals surface area contributed by atoms with Gasteiger partial charge in [-0.3, -0.25) is 19.6 Å². The van der Waals surface area contributed by atoms with E-state index in [1.54, 1.807) is 0 Å². The normalized spacial score (nSPS) is 13.0. The minimum Gasteiger partial charge on any atom is -0.481 e. The summed E-state index contributed by atoms with van der Waals surface area (Å²) in [5, 5.41) is 19.4. The van der Waals surface area contributed by atoms with Crippen LogP contribution in [0.25, 0.3) is 0 Å². The number of aliphatic carboxylic acids is 1. The van der Waals surface area contributed by atoms with Crippen LogP contribution in [-0.4, -0.2) is 37.0 Å². The lowest BCUT2D eigenvalue weighted by Crippen LogP contribution is -2.19. The Labute approximate surface area is 118 Å². The summed E-state index contributed by atoms with van der Waals surface area (Å²) < 4.78 is 35.4. The van der Waals surface area contributed by atoms with Gasteiger partial charge in [-0.1, -0.05) is 0 Å². The summed E-state index contributed by atoms with van der Waals surface area (Å²) in [6.07, 6.45) is -0.617. The zero-order valence-corrected chi connectivity index (χ0v) is 11.3. The molecule has 0 aliphatic carbocycles. The first-order chi connectivity index (χ1) is 9.78. The molecule has 1 heterocycles. The van der Waals surface area contributed by atoms with E-state index in [0.717, 1.165) is 12.1 Å². The van der Waals surface area contributed by atoms with Gasteiger partial charge in [0.2, 0.25) is 16.8 Å². The van der Waals surface area contributed by atoms with Gasteiger partial charge in [0.25, 0.3) is 5.69 Å². The number of nitrogens with one attached hydrogen (secondary N) is 1. The molecule has 10 nitrogen and oxygen atoms in total. The lowest BCUT2D eigenvalue weighted by Gasteiger charge is -2.08. The first-order valence-corrected chi connectivity index (χ1v) is 7.24. The summed E-state index contributed by atoms with van der Waals surface area (Å²) in [5.74, 6) is -1.69. The van der Waals surface area contributed by atoms with Crippen LogP contribution in [0.5, 0.6) is 11.5 Å². The first-order valence-electron chi connectivity index (χ1n) is 5.59. The van der Waals surface area contributed by atoms with Gasteiger partial charge >= 0.3 is 5.97 Å². The number of hydrogen-bond donors (Lipinski definition) is 2. The summed E-state index contributed by atoms with van der Waals surface area (Å²) in [7, 11) is -4.03. The van der Waals surface area contributed by atoms with E-state index < -0.39 is 38.8 Å². The highest BCUT2D eigenvalue weighted by Crippen LogP contribution is 2.40. The van der Waals surface area contributed by atoms with E-state index in [-0.39, 0.29) is 24.0 Å². The molecule has 1 aliphatic rings. The van der Waals surface area contributed by atoms with Crippen LogP contribution >= 0.6 is 0 Å². The number of fused-ring (bicyclic) bond motifs is 1. The highest BCUT2D eigenvalue weighted by molar-refractivity contribution is 7.92. The molecule has 114 valence electrons. The van der Waals surface area contributed by atoms with Crippen molar-refractivity contribution in [3.63, 3.8) is 0 Å². The molecule has 1 aromatic carbocycles. The summed E-state index contributed by atoms with van der Waals surface area (Å²) >= 11 is 0. The van der Waals surface area contributed by atoms with Crippen LogP contribution in [0.1, 0.15) is 6.42 Å². The fourth-order valence-electron chi connectivity index (χ4n) is 1.60. The van der Waals surface area contributed by atoms with Crippen molar-refractivity contribution in [2.75, 3.05) is 17.3 Å². The van der Waals surface area contributed by atoms with Gasteiger partial charge in [-0.05, 0) is 0 Å². The maximum absolute atomic E-state index is 11.7. The number of ether oxygens (including phenoxy) is 2. The number of benzene rings is 1. The number of nitro benzene ring substituents is 1. The topological polar surface area (TPSA) is 145 Å². The van der Waals surface area contributed by atoms with Gasteiger partial charge in [0.15, 0.2) is 11.5 Å². The number of nitrogens with zero attached hydrogens (tertiary/aromatic N) is 1. The summed E-state index contributed by atoms with van der Waals surface area (Å²) in [6.45, 7) is -0.123. The molecule has 11 heteroatoms. The van der Waals surface area contributed by atoms with Gasteiger partial charge in [-0.2, -0.15) is 0 Å². The smallest absolute Gasteiger partial charge is 0.304 e. The van der Waals surface area contributed by atoms with Crippen molar-refractivity contribution in [1.29, 1.82) is 0 Å². The molecule has 0 radical (unpaired) electrons. The Morgan fingerprint density at radius 3 is 2.57 bits per heavy atom. The van der Waals surface area contributed by atoms with E-state index in [2.05, 4.69) is 0 Å². The molecule has 0 amide bonds. The molecule has 0 unspecified atom stereocenters. The Morgan fingerprint density at radius 1 is 1.38 bits per heavy atom. The fraction of sp³-hybridized carbons (Fsp3) is 0.300. The van der Waals surface area contributed by atoms with E-state index in [4.69, 9.17) is 14.6 Å². The first kappa shape index (κ1) is 14.8. The van der Waals surface area contributed by atoms with Gasteiger partial charge in [0.1, 0.15) is 5.69 Å². The van der Waals surface area contributed by atoms with Crippen LogP contribution in [-0.2, 0) is 14.8 Å². The quantitative estimate of drug-likeness (QED) is 0.571. The molecule has 1 aliphatic heterocycles. The van der Waals surface area contributed by atoms with Gasteiger partial charge in [0.05, 0.1) is 23.2 Å².